The van der Waals surface area contributed by atoms with Crippen LogP contribution in [0.2, 0.25) is 0 Å². The van der Waals surface area contributed by atoms with Crippen molar-refractivity contribution < 1.29 is 14.7 Å². The minimum absolute atomic E-state index is 0.189. The average Bonchev–Trinajstić information content (AvgIpc) is 3.14. The molecule has 5 N–H and O–H groups in total. The van der Waals surface area contributed by atoms with Crippen LogP contribution in [-0.4, -0.2) is 29.0 Å². The Bertz CT molecular complexity index is 824. The van der Waals surface area contributed by atoms with Crippen LogP contribution in [0.3, 0.4) is 0 Å². The maximum absolute atomic E-state index is 12.4. The van der Waals surface area contributed by atoms with Crippen LogP contribution in [0.5, 0.6) is 5.75 Å². The molecule has 0 radical (unpaired) electrons. The van der Waals surface area contributed by atoms with E-state index in [9.17, 15) is 14.7 Å². The van der Waals surface area contributed by atoms with Crippen molar-refractivity contribution in [1.82, 2.24) is 10.6 Å². The molecule has 150 valence electrons. The number of carbonyl (C=O) groups is 2. The van der Waals surface area contributed by atoms with Gasteiger partial charge in [-0.15, -0.1) is 11.3 Å². The quantitative estimate of drug-likeness (QED) is 0.545. The predicted molar refractivity (Wildman–Crippen MR) is 112 cm³/mol. The van der Waals surface area contributed by atoms with Crippen molar-refractivity contribution in [2.75, 3.05) is 0 Å². The number of amides is 2. The first-order valence-electron chi connectivity index (χ1n) is 9.10. The van der Waals surface area contributed by atoms with Crippen LogP contribution < -0.4 is 16.4 Å². The average molecular weight is 402 g/mol. The minimum atomic E-state index is -0.786. The number of benzene rings is 1. The van der Waals surface area contributed by atoms with Crippen molar-refractivity contribution in [3.05, 3.63) is 63.5 Å². The summed E-state index contributed by atoms with van der Waals surface area (Å²) in [6.07, 6.45) is 4.53. The van der Waals surface area contributed by atoms with Gasteiger partial charge in [0.15, 0.2) is 0 Å². The van der Waals surface area contributed by atoms with Crippen LogP contribution in [-0.2, 0) is 22.4 Å². The number of hydrogen-bond donors (Lipinski definition) is 4. The molecule has 0 unspecified atom stereocenters. The molecule has 0 bridgehead atoms. The number of nitrogens with one attached hydrogen (secondary N) is 2. The van der Waals surface area contributed by atoms with Crippen LogP contribution in [0.25, 0.3) is 0 Å². The van der Waals surface area contributed by atoms with E-state index in [1.807, 2.05) is 37.4 Å². The molecular weight excluding hydrogens is 374 g/mol. The predicted octanol–water partition coefficient (Wildman–Crippen LogP) is 2.32. The molecular formula is C21H27N3O3S. The van der Waals surface area contributed by atoms with Gasteiger partial charge in [-0.25, -0.2) is 0 Å². The maximum atomic E-state index is 12.4. The summed E-state index contributed by atoms with van der Waals surface area (Å²) in [5.74, 6) is -0.508. The highest BCUT2D eigenvalue weighted by atomic mass is 32.1. The van der Waals surface area contributed by atoms with E-state index in [2.05, 4.69) is 10.6 Å². The van der Waals surface area contributed by atoms with E-state index in [-0.39, 0.29) is 11.7 Å². The number of hydrogen-bond acceptors (Lipinski definition) is 5. The van der Waals surface area contributed by atoms with E-state index < -0.39 is 18.0 Å². The number of phenols is 1. The van der Waals surface area contributed by atoms with Gasteiger partial charge in [0, 0.05) is 17.5 Å². The molecule has 6 nitrogen and oxygen atoms in total. The van der Waals surface area contributed by atoms with Gasteiger partial charge >= 0.3 is 0 Å². The van der Waals surface area contributed by atoms with E-state index in [0.29, 0.717) is 6.42 Å². The van der Waals surface area contributed by atoms with Crippen molar-refractivity contribution in [2.24, 2.45) is 5.73 Å². The highest BCUT2D eigenvalue weighted by molar-refractivity contribution is 7.09. The van der Waals surface area contributed by atoms with Crippen molar-refractivity contribution in [3.63, 3.8) is 0 Å². The monoisotopic (exact) mass is 401 g/mol. The van der Waals surface area contributed by atoms with Crippen LogP contribution in [0.15, 0.2) is 41.9 Å². The van der Waals surface area contributed by atoms with Crippen LogP contribution in [0.1, 0.15) is 28.5 Å². The van der Waals surface area contributed by atoms with Crippen LogP contribution in [0.4, 0.5) is 0 Å². The highest BCUT2D eigenvalue weighted by Gasteiger charge is 2.21. The second-order valence-corrected chi connectivity index (χ2v) is 7.83. The Morgan fingerprint density at radius 1 is 1.25 bits per heavy atom. The first-order chi connectivity index (χ1) is 13.3. The molecule has 0 aliphatic heterocycles. The number of thiophene rings is 1. The Balaban J connectivity index is 1.83. The topological polar surface area (TPSA) is 104 Å². The molecule has 0 saturated carbocycles. The van der Waals surface area contributed by atoms with Crippen molar-refractivity contribution in [3.8, 4) is 5.75 Å². The van der Waals surface area contributed by atoms with Crippen molar-refractivity contribution in [1.29, 1.82) is 0 Å². The van der Waals surface area contributed by atoms with Crippen LogP contribution in [0, 0.1) is 13.8 Å². The lowest BCUT2D eigenvalue weighted by molar-refractivity contribution is -0.128. The van der Waals surface area contributed by atoms with Gasteiger partial charge in [0.2, 0.25) is 11.8 Å². The highest BCUT2D eigenvalue weighted by Crippen LogP contribution is 2.21. The molecule has 0 saturated heterocycles. The molecule has 2 amide bonds. The molecule has 2 atom stereocenters. The van der Waals surface area contributed by atoms with Crippen LogP contribution >= 0.6 is 11.3 Å². The first-order valence-corrected chi connectivity index (χ1v) is 9.98. The van der Waals surface area contributed by atoms with Gasteiger partial charge < -0.3 is 21.5 Å². The third-order valence-corrected chi connectivity index (χ3v) is 5.33. The van der Waals surface area contributed by atoms with E-state index in [0.717, 1.165) is 23.1 Å². The van der Waals surface area contributed by atoms with Gasteiger partial charge in [0.1, 0.15) is 11.8 Å². The fourth-order valence-corrected chi connectivity index (χ4v) is 3.54. The second kappa shape index (κ2) is 10.1. The summed E-state index contributed by atoms with van der Waals surface area (Å²) in [5.41, 5.74) is 8.71. The zero-order chi connectivity index (χ0) is 20.7. The molecule has 2 rings (SSSR count). The fraction of sp³-hybridized carbons (Fsp3) is 0.333. The Morgan fingerprint density at radius 2 is 1.93 bits per heavy atom. The lowest BCUT2D eigenvalue weighted by Gasteiger charge is -2.18. The zero-order valence-electron chi connectivity index (χ0n) is 16.4. The molecule has 0 aliphatic carbocycles. The first kappa shape index (κ1) is 21.7. The normalized spacial score (nSPS) is 13.3. The standard InChI is InChI=1S/C21H27N3O3S/c1-13-10-16(25)11-14(2)18(13)12-19(22)21(27)24-15(3)20(26)23-8-4-6-17-7-5-9-28-17/h4-5,7-11,15,19,25H,6,12,22H2,1-3H3,(H,23,26)(H,24,27)/b8-4+/t15-,19+/m1/s1. The second-order valence-electron chi connectivity index (χ2n) is 6.79. The van der Waals surface area contributed by atoms with E-state index in [1.165, 1.54) is 4.88 Å². The summed E-state index contributed by atoms with van der Waals surface area (Å²) in [6.45, 7) is 5.35. The molecule has 0 fully saturated rings. The number of aryl methyl sites for hydroxylation is 2. The summed E-state index contributed by atoms with van der Waals surface area (Å²) in [7, 11) is 0. The lowest BCUT2D eigenvalue weighted by Crippen LogP contribution is -2.50. The summed E-state index contributed by atoms with van der Waals surface area (Å²) in [5, 5.41) is 16.9. The Labute approximate surface area is 169 Å². The summed E-state index contributed by atoms with van der Waals surface area (Å²) < 4.78 is 0. The van der Waals surface area contributed by atoms with Crippen molar-refractivity contribution >= 4 is 23.2 Å². The maximum Gasteiger partial charge on any atom is 0.246 e. The number of aromatic hydroxyl groups is 1. The third-order valence-electron chi connectivity index (χ3n) is 4.44. The minimum Gasteiger partial charge on any atom is -0.508 e. The number of allylic oxidation sites excluding steroid dienone is 1. The Morgan fingerprint density at radius 3 is 2.54 bits per heavy atom. The molecule has 2 aromatic rings. The summed E-state index contributed by atoms with van der Waals surface area (Å²) in [4.78, 5) is 25.7. The van der Waals surface area contributed by atoms with Gasteiger partial charge in [-0.05, 0) is 67.5 Å². The summed E-state index contributed by atoms with van der Waals surface area (Å²) in [6, 6.07) is 5.81. The Kier molecular flexibility index (Phi) is 7.78. The molecule has 1 aromatic carbocycles. The van der Waals surface area contributed by atoms with Gasteiger partial charge in [0.05, 0.1) is 6.04 Å². The number of phenolic OH excluding ortho intramolecular Hbond substituents is 1. The van der Waals surface area contributed by atoms with Gasteiger partial charge in [-0.1, -0.05) is 12.1 Å². The number of rotatable bonds is 8. The van der Waals surface area contributed by atoms with E-state index >= 15 is 0 Å². The van der Waals surface area contributed by atoms with E-state index in [4.69, 9.17) is 5.73 Å². The largest absolute Gasteiger partial charge is 0.508 e. The van der Waals surface area contributed by atoms with Crippen molar-refractivity contribution in [2.45, 2.75) is 45.7 Å². The molecule has 0 aliphatic rings. The Hall–Kier alpha value is -2.64. The number of nitrogens with two attached hydrogens (primary N) is 1. The summed E-state index contributed by atoms with van der Waals surface area (Å²) >= 11 is 1.65. The fourth-order valence-electron chi connectivity index (χ4n) is 2.86. The van der Waals surface area contributed by atoms with E-state index in [1.54, 1.807) is 36.6 Å². The van der Waals surface area contributed by atoms with Gasteiger partial charge in [-0.3, -0.25) is 9.59 Å². The molecule has 28 heavy (non-hydrogen) atoms. The van der Waals surface area contributed by atoms with Gasteiger partial charge in [-0.2, -0.15) is 0 Å². The molecule has 7 heteroatoms. The number of carbonyl (C=O) groups excluding carboxylic acids is 2. The molecule has 1 aromatic heterocycles. The SMILES string of the molecule is Cc1cc(O)cc(C)c1C[C@H](N)C(=O)N[C@H](C)C(=O)N/C=C/Cc1cccs1. The smallest absolute Gasteiger partial charge is 0.246 e. The third kappa shape index (κ3) is 6.21. The lowest BCUT2D eigenvalue weighted by atomic mass is 9.96. The molecule has 0 spiro atoms. The zero-order valence-corrected chi connectivity index (χ0v) is 17.2. The molecule has 1 heterocycles. The van der Waals surface area contributed by atoms with Gasteiger partial charge in [0.25, 0.3) is 0 Å².